The summed E-state index contributed by atoms with van der Waals surface area (Å²) in [6, 6.07) is 12.0. The monoisotopic (exact) mass is 367 g/mol. The van der Waals surface area contributed by atoms with E-state index in [4.69, 9.17) is 0 Å². The van der Waals surface area contributed by atoms with Crippen LogP contribution in [0.1, 0.15) is 5.56 Å². The molecule has 0 unspecified atom stereocenters. The van der Waals surface area contributed by atoms with E-state index in [2.05, 4.69) is 20.5 Å². The molecule has 2 aromatic carbocycles. The molecular weight excluding hydrogens is 353 g/mol. The average molecular weight is 367 g/mol. The molecule has 4 aromatic rings. The molecule has 2 aromatic heterocycles. The van der Waals surface area contributed by atoms with E-state index in [1.165, 1.54) is 23.9 Å². The Morgan fingerprint density at radius 3 is 3.00 bits per heavy atom. The molecule has 4 rings (SSSR count). The van der Waals surface area contributed by atoms with E-state index in [9.17, 15) is 9.18 Å². The number of nitrogens with zero attached hydrogens (tertiary/aromatic N) is 4. The molecule has 130 valence electrons. The van der Waals surface area contributed by atoms with E-state index in [0.717, 1.165) is 16.6 Å². The number of aromatic nitrogens is 4. The average Bonchev–Trinajstić information content (AvgIpc) is 3.13. The number of nitrogens with one attached hydrogen (secondary N) is 1. The van der Waals surface area contributed by atoms with Crippen LogP contribution in [0.5, 0.6) is 0 Å². The molecule has 2 heterocycles. The summed E-state index contributed by atoms with van der Waals surface area (Å²) in [5.74, 6) is -0.500. The maximum Gasteiger partial charge on any atom is 0.234 e. The molecule has 0 aliphatic carbocycles. The molecule has 0 bridgehead atoms. The molecule has 0 atom stereocenters. The van der Waals surface area contributed by atoms with Gasteiger partial charge < -0.3 is 5.32 Å². The van der Waals surface area contributed by atoms with Gasteiger partial charge in [0.25, 0.3) is 0 Å². The van der Waals surface area contributed by atoms with Gasteiger partial charge in [-0.25, -0.2) is 9.37 Å². The number of rotatable bonds is 4. The summed E-state index contributed by atoms with van der Waals surface area (Å²) in [4.78, 5) is 16.8. The van der Waals surface area contributed by atoms with Crippen LogP contribution >= 0.6 is 11.8 Å². The van der Waals surface area contributed by atoms with Gasteiger partial charge in [-0.2, -0.15) is 0 Å². The van der Waals surface area contributed by atoms with Crippen LogP contribution in [0.15, 0.2) is 53.8 Å². The van der Waals surface area contributed by atoms with E-state index < -0.39 is 0 Å². The molecule has 0 saturated heterocycles. The number of benzene rings is 2. The maximum atomic E-state index is 13.4. The lowest BCUT2D eigenvalue weighted by Gasteiger charge is -2.09. The van der Waals surface area contributed by atoms with Gasteiger partial charge in [-0.1, -0.05) is 30.0 Å². The summed E-state index contributed by atoms with van der Waals surface area (Å²) in [6.07, 6.45) is 1.62. The highest BCUT2D eigenvalue weighted by Crippen LogP contribution is 2.25. The fourth-order valence-electron chi connectivity index (χ4n) is 2.62. The van der Waals surface area contributed by atoms with Gasteiger partial charge in [0.15, 0.2) is 5.65 Å². The molecular formula is C18H14FN5OS. The number of para-hydroxylation sites is 2. The number of carbonyl (C=O) groups is 1. The minimum atomic E-state index is -0.389. The van der Waals surface area contributed by atoms with Crippen LogP contribution in [0.2, 0.25) is 0 Å². The Labute approximate surface area is 152 Å². The molecule has 1 N–H and O–H groups in total. The van der Waals surface area contributed by atoms with Gasteiger partial charge in [-0.15, -0.1) is 10.2 Å². The third-order valence-corrected chi connectivity index (χ3v) is 4.87. The van der Waals surface area contributed by atoms with Gasteiger partial charge in [-0.3, -0.25) is 9.20 Å². The number of fused-ring (bicyclic) bond motifs is 3. The highest BCUT2D eigenvalue weighted by Gasteiger charge is 2.13. The summed E-state index contributed by atoms with van der Waals surface area (Å²) >= 11 is 1.27. The van der Waals surface area contributed by atoms with E-state index in [0.29, 0.717) is 16.4 Å². The Morgan fingerprint density at radius 2 is 2.12 bits per heavy atom. The number of amides is 1. The Morgan fingerprint density at radius 1 is 1.27 bits per heavy atom. The van der Waals surface area contributed by atoms with E-state index in [-0.39, 0.29) is 17.5 Å². The van der Waals surface area contributed by atoms with Gasteiger partial charge in [-0.05, 0) is 36.8 Å². The van der Waals surface area contributed by atoms with Crippen molar-refractivity contribution in [3.05, 3.63) is 60.2 Å². The number of carbonyl (C=O) groups excluding carboxylic acids is 1. The largest absolute Gasteiger partial charge is 0.325 e. The highest BCUT2D eigenvalue weighted by atomic mass is 32.2. The third-order valence-electron chi connectivity index (χ3n) is 3.92. The van der Waals surface area contributed by atoms with Gasteiger partial charge in [0.2, 0.25) is 5.91 Å². The van der Waals surface area contributed by atoms with E-state index in [1.54, 1.807) is 12.4 Å². The van der Waals surface area contributed by atoms with E-state index in [1.807, 2.05) is 35.6 Å². The summed E-state index contributed by atoms with van der Waals surface area (Å²) in [6.45, 7) is 1.81. The lowest BCUT2D eigenvalue weighted by molar-refractivity contribution is -0.113. The van der Waals surface area contributed by atoms with Gasteiger partial charge in [0.05, 0.1) is 16.8 Å². The Balaban J connectivity index is 1.56. The van der Waals surface area contributed by atoms with Crippen molar-refractivity contribution in [2.24, 2.45) is 0 Å². The van der Waals surface area contributed by atoms with Crippen molar-refractivity contribution in [3.63, 3.8) is 0 Å². The van der Waals surface area contributed by atoms with Crippen molar-refractivity contribution in [2.45, 2.75) is 11.9 Å². The first-order valence-electron chi connectivity index (χ1n) is 7.89. The number of hydrogen-bond donors (Lipinski definition) is 1. The number of halogens is 1. The SMILES string of the molecule is Cc1ccc(F)cc1NC(=O)CSc1nc2ccccc2n2cnnc12. The van der Waals surface area contributed by atoms with Crippen LogP contribution in [-0.4, -0.2) is 31.2 Å². The van der Waals surface area contributed by atoms with Crippen molar-refractivity contribution in [2.75, 3.05) is 11.1 Å². The van der Waals surface area contributed by atoms with Crippen molar-refractivity contribution in [1.29, 1.82) is 0 Å². The van der Waals surface area contributed by atoms with Crippen molar-refractivity contribution < 1.29 is 9.18 Å². The fraction of sp³-hybridized carbons (Fsp3) is 0.111. The summed E-state index contributed by atoms with van der Waals surface area (Å²) in [7, 11) is 0. The predicted octanol–water partition coefficient (Wildman–Crippen LogP) is 3.46. The first-order valence-corrected chi connectivity index (χ1v) is 8.87. The summed E-state index contributed by atoms with van der Waals surface area (Å²) in [5, 5.41) is 11.4. The minimum absolute atomic E-state index is 0.129. The molecule has 0 spiro atoms. The van der Waals surface area contributed by atoms with Gasteiger partial charge in [0.1, 0.15) is 17.2 Å². The molecule has 26 heavy (non-hydrogen) atoms. The number of aryl methyl sites for hydroxylation is 1. The standard InChI is InChI=1S/C18H14FN5OS/c1-11-6-7-12(19)8-14(11)21-16(25)9-26-18-17-23-20-10-24(17)15-5-3-2-4-13(15)22-18/h2-8,10H,9H2,1H3,(H,21,25). The zero-order valence-corrected chi connectivity index (χ0v) is 14.6. The van der Waals surface area contributed by atoms with Crippen LogP contribution in [0.4, 0.5) is 10.1 Å². The first kappa shape index (κ1) is 16.5. The lowest BCUT2D eigenvalue weighted by atomic mass is 10.2. The molecule has 0 radical (unpaired) electrons. The molecule has 0 aliphatic rings. The highest BCUT2D eigenvalue weighted by molar-refractivity contribution is 8.00. The first-order chi connectivity index (χ1) is 12.6. The van der Waals surface area contributed by atoms with Crippen molar-refractivity contribution in [3.8, 4) is 0 Å². The predicted molar refractivity (Wildman–Crippen MR) is 98.8 cm³/mol. The topological polar surface area (TPSA) is 72.2 Å². The zero-order valence-electron chi connectivity index (χ0n) is 13.8. The van der Waals surface area contributed by atoms with Gasteiger partial charge >= 0.3 is 0 Å². The zero-order chi connectivity index (χ0) is 18.1. The second-order valence-corrected chi connectivity index (χ2v) is 6.69. The van der Waals surface area contributed by atoms with Crippen LogP contribution in [0.3, 0.4) is 0 Å². The molecule has 0 aliphatic heterocycles. The smallest absolute Gasteiger partial charge is 0.234 e. The summed E-state index contributed by atoms with van der Waals surface area (Å²) < 4.78 is 15.2. The molecule has 0 saturated carbocycles. The summed E-state index contributed by atoms with van der Waals surface area (Å²) in [5.41, 5.74) is 3.56. The molecule has 6 nitrogen and oxygen atoms in total. The Hall–Kier alpha value is -3.00. The second kappa shape index (κ2) is 6.72. The minimum Gasteiger partial charge on any atom is -0.325 e. The number of hydrogen-bond acceptors (Lipinski definition) is 5. The normalized spacial score (nSPS) is 11.2. The van der Waals surface area contributed by atoms with Crippen LogP contribution in [-0.2, 0) is 4.79 Å². The second-order valence-electron chi connectivity index (χ2n) is 5.73. The van der Waals surface area contributed by atoms with E-state index >= 15 is 0 Å². The third kappa shape index (κ3) is 3.11. The lowest BCUT2D eigenvalue weighted by Crippen LogP contribution is -2.15. The Kier molecular flexibility index (Phi) is 4.26. The van der Waals surface area contributed by atoms with Crippen LogP contribution in [0.25, 0.3) is 16.7 Å². The van der Waals surface area contributed by atoms with Crippen molar-refractivity contribution in [1.82, 2.24) is 19.6 Å². The number of anilines is 1. The Bertz CT molecular complexity index is 1130. The fourth-order valence-corrected chi connectivity index (χ4v) is 3.40. The number of thioether (sulfide) groups is 1. The van der Waals surface area contributed by atoms with Gasteiger partial charge in [0, 0.05) is 5.69 Å². The molecule has 0 fully saturated rings. The quantitative estimate of drug-likeness (QED) is 0.559. The molecule has 1 amide bonds. The van der Waals surface area contributed by atoms with Crippen LogP contribution < -0.4 is 5.32 Å². The molecule has 8 heteroatoms. The maximum absolute atomic E-state index is 13.4. The van der Waals surface area contributed by atoms with Crippen LogP contribution in [0, 0.1) is 12.7 Å². The van der Waals surface area contributed by atoms with Crippen molar-refractivity contribution >= 4 is 40.0 Å².